The number of carbonyl (C=O) groups is 1. The Morgan fingerprint density at radius 3 is 2.71 bits per heavy atom. The van der Waals surface area contributed by atoms with Crippen LogP contribution in [0.4, 0.5) is 0 Å². The normalized spacial score (nSPS) is 36.4. The molecule has 0 aromatic heterocycles. The molecule has 0 unspecified atom stereocenters. The van der Waals surface area contributed by atoms with Crippen molar-refractivity contribution in [2.45, 2.75) is 38.5 Å². The predicted molar refractivity (Wildman–Crippen MR) is 52.7 cm³/mol. The van der Waals surface area contributed by atoms with Gasteiger partial charge in [-0.2, -0.15) is 0 Å². The Balaban J connectivity index is 1.96. The molecule has 3 rings (SSSR count). The summed E-state index contributed by atoms with van der Waals surface area (Å²) >= 11 is 0. The zero-order valence-corrected chi connectivity index (χ0v) is 8.42. The molecule has 3 aliphatic rings. The highest BCUT2D eigenvalue weighted by atomic mass is 16.5. The van der Waals surface area contributed by atoms with Crippen LogP contribution in [0.2, 0.25) is 0 Å². The number of allylic oxidation sites excluding steroid dienone is 2. The van der Waals surface area contributed by atoms with E-state index in [-0.39, 0.29) is 0 Å². The highest BCUT2D eigenvalue weighted by Crippen LogP contribution is 2.46. The van der Waals surface area contributed by atoms with Crippen molar-refractivity contribution in [1.29, 1.82) is 0 Å². The summed E-state index contributed by atoms with van der Waals surface area (Å²) in [5.41, 5.74) is 1.37. The van der Waals surface area contributed by atoms with Gasteiger partial charge in [-0.05, 0) is 37.2 Å². The molecule has 0 amide bonds. The fourth-order valence-corrected chi connectivity index (χ4v) is 3.26. The predicted octanol–water partition coefficient (Wildman–Crippen LogP) is 2.44. The van der Waals surface area contributed by atoms with Crippen LogP contribution in [0.15, 0.2) is 11.3 Å². The Hall–Kier alpha value is -0.790. The van der Waals surface area contributed by atoms with E-state index in [1.807, 2.05) is 0 Å². The van der Waals surface area contributed by atoms with Gasteiger partial charge in [-0.25, -0.2) is 0 Å². The van der Waals surface area contributed by atoms with E-state index in [9.17, 15) is 4.79 Å². The van der Waals surface area contributed by atoms with Crippen molar-refractivity contribution in [2.75, 3.05) is 6.61 Å². The number of rotatable bonds is 0. The lowest BCUT2D eigenvalue weighted by Crippen LogP contribution is -2.21. The molecule has 0 aromatic rings. The zero-order valence-electron chi connectivity index (χ0n) is 8.42. The number of ether oxygens (including phenoxy) is 1. The minimum Gasteiger partial charge on any atom is -0.490 e. The SMILES string of the molecule is O=C1C2=C(CCCO2)[C@H]2CCCC[C@@H]12. The number of Topliss-reactive ketones (excluding diaryl/α,β-unsaturated/α-hetero) is 1. The molecule has 2 nitrogen and oxygen atoms in total. The van der Waals surface area contributed by atoms with Crippen molar-refractivity contribution in [1.82, 2.24) is 0 Å². The van der Waals surface area contributed by atoms with Gasteiger partial charge in [0.25, 0.3) is 0 Å². The molecule has 0 radical (unpaired) electrons. The first-order chi connectivity index (χ1) is 6.88. The van der Waals surface area contributed by atoms with Gasteiger partial charge in [0.1, 0.15) is 0 Å². The second kappa shape index (κ2) is 3.11. The van der Waals surface area contributed by atoms with Gasteiger partial charge < -0.3 is 4.74 Å². The minimum atomic E-state index is 0.298. The summed E-state index contributed by atoms with van der Waals surface area (Å²) in [6, 6.07) is 0. The molecule has 2 aliphatic carbocycles. The molecule has 2 atom stereocenters. The summed E-state index contributed by atoms with van der Waals surface area (Å²) in [7, 11) is 0. The Bertz CT molecular complexity index is 303. The zero-order chi connectivity index (χ0) is 9.54. The maximum absolute atomic E-state index is 12.0. The number of fused-ring (bicyclic) bond motifs is 2. The van der Waals surface area contributed by atoms with E-state index in [0.29, 0.717) is 17.6 Å². The summed E-state index contributed by atoms with van der Waals surface area (Å²) in [6.07, 6.45) is 7.06. The van der Waals surface area contributed by atoms with Gasteiger partial charge in [-0.15, -0.1) is 0 Å². The first kappa shape index (κ1) is 8.51. The number of ketones is 1. The largest absolute Gasteiger partial charge is 0.490 e. The van der Waals surface area contributed by atoms with Crippen LogP contribution < -0.4 is 0 Å². The van der Waals surface area contributed by atoms with Gasteiger partial charge in [-0.1, -0.05) is 12.8 Å². The molecule has 76 valence electrons. The van der Waals surface area contributed by atoms with E-state index in [1.54, 1.807) is 0 Å². The summed E-state index contributed by atoms with van der Waals surface area (Å²) in [5, 5.41) is 0. The van der Waals surface area contributed by atoms with Crippen LogP contribution in [-0.4, -0.2) is 12.4 Å². The van der Waals surface area contributed by atoms with Crippen LogP contribution in [0.1, 0.15) is 38.5 Å². The van der Waals surface area contributed by atoms with Crippen LogP contribution in [0.3, 0.4) is 0 Å². The third-order valence-corrected chi connectivity index (χ3v) is 3.90. The minimum absolute atomic E-state index is 0.298. The topological polar surface area (TPSA) is 26.3 Å². The lowest BCUT2D eigenvalue weighted by molar-refractivity contribution is -0.122. The Labute approximate surface area is 84.3 Å². The fraction of sp³-hybridized carbons (Fsp3) is 0.750. The van der Waals surface area contributed by atoms with E-state index < -0.39 is 0 Å². The standard InChI is InChI=1S/C12H16O2/c13-11-9-5-2-1-4-8(9)10-6-3-7-14-12(10)11/h8-9H,1-7H2/t8-,9+/m0/s1. The Morgan fingerprint density at radius 1 is 1.07 bits per heavy atom. The van der Waals surface area contributed by atoms with Gasteiger partial charge in [0.15, 0.2) is 5.76 Å². The molecule has 0 spiro atoms. The van der Waals surface area contributed by atoms with E-state index in [2.05, 4.69) is 0 Å². The Kier molecular flexibility index (Phi) is 1.89. The molecule has 1 aliphatic heterocycles. The van der Waals surface area contributed by atoms with Crippen molar-refractivity contribution in [2.24, 2.45) is 11.8 Å². The average molecular weight is 192 g/mol. The second-order valence-electron chi connectivity index (χ2n) is 4.67. The van der Waals surface area contributed by atoms with E-state index in [4.69, 9.17) is 4.74 Å². The number of hydrogen-bond donors (Lipinski definition) is 0. The average Bonchev–Trinajstić information content (AvgIpc) is 2.55. The molecule has 0 saturated heterocycles. The summed E-state index contributed by atoms with van der Waals surface area (Å²) in [6.45, 7) is 0.754. The lowest BCUT2D eigenvalue weighted by Gasteiger charge is -2.26. The molecule has 0 N–H and O–H groups in total. The van der Waals surface area contributed by atoms with Crippen LogP contribution in [0.25, 0.3) is 0 Å². The summed E-state index contributed by atoms with van der Waals surface area (Å²) < 4.78 is 5.54. The quantitative estimate of drug-likeness (QED) is 0.589. The van der Waals surface area contributed by atoms with E-state index in [1.165, 1.54) is 24.8 Å². The third-order valence-electron chi connectivity index (χ3n) is 3.90. The first-order valence-electron chi connectivity index (χ1n) is 5.78. The van der Waals surface area contributed by atoms with Gasteiger partial charge in [-0.3, -0.25) is 4.79 Å². The number of hydrogen-bond acceptors (Lipinski definition) is 2. The Morgan fingerprint density at radius 2 is 1.86 bits per heavy atom. The first-order valence-corrected chi connectivity index (χ1v) is 5.78. The molecule has 1 fully saturated rings. The van der Waals surface area contributed by atoms with Crippen LogP contribution in [0, 0.1) is 11.8 Å². The van der Waals surface area contributed by atoms with Crippen molar-refractivity contribution >= 4 is 5.78 Å². The molecule has 0 bridgehead atoms. The smallest absolute Gasteiger partial charge is 0.200 e. The van der Waals surface area contributed by atoms with Crippen LogP contribution in [-0.2, 0) is 9.53 Å². The number of carbonyl (C=O) groups excluding carboxylic acids is 1. The molecule has 0 aromatic carbocycles. The maximum atomic E-state index is 12.0. The van der Waals surface area contributed by atoms with Crippen LogP contribution in [0.5, 0.6) is 0 Å². The maximum Gasteiger partial charge on any atom is 0.200 e. The van der Waals surface area contributed by atoms with Crippen molar-refractivity contribution < 1.29 is 9.53 Å². The molecular weight excluding hydrogens is 176 g/mol. The monoisotopic (exact) mass is 192 g/mol. The highest BCUT2D eigenvalue weighted by molar-refractivity contribution is 5.99. The second-order valence-corrected chi connectivity index (χ2v) is 4.67. The van der Waals surface area contributed by atoms with Gasteiger partial charge in [0.05, 0.1) is 6.61 Å². The molecule has 14 heavy (non-hydrogen) atoms. The molecule has 1 saturated carbocycles. The van der Waals surface area contributed by atoms with E-state index >= 15 is 0 Å². The molecular formula is C12H16O2. The fourth-order valence-electron chi connectivity index (χ4n) is 3.26. The van der Waals surface area contributed by atoms with Gasteiger partial charge in [0, 0.05) is 5.92 Å². The highest BCUT2D eigenvalue weighted by Gasteiger charge is 2.44. The van der Waals surface area contributed by atoms with Gasteiger partial charge in [0.2, 0.25) is 5.78 Å². The summed E-state index contributed by atoms with van der Waals surface area (Å²) in [4.78, 5) is 12.0. The van der Waals surface area contributed by atoms with Gasteiger partial charge >= 0.3 is 0 Å². The van der Waals surface area contributed by atoms with Crippen molar-refractivity contribution in [3.63, 3.8) is 0 Å². The summed E-state index contributed by atoms with van der Waals surface area (Å²) in [5.74, 6) is 1.95. The molecule has 1 heterocycles. The molecule has 2 heteroatoms. The lowest BCUT2D eigenvalue weighted by atomic mass is 9.77. The van der Waals surface area contributed by atoms with E-state index in [0.717, 1.165) is 31.6 Å². The van der Waals surface area contributed by atoms with Crippen molar-refractivity contribution in [3.05, 3.63) is 11.3 Å². The van der Waals surface area contributed by atoms with Crippen molar-refractivity contribution in [3.8, 4) is 0 Å². The third kappa shape index (κ3) is 1.06. The van der Waals surface area contributed by atoms with Crippen LogP contribution >= 0.6 is 0 Å².